The van der Waals surface area contributed by atoms with Crippen molar-refractivity contribution in [3.63, 3.8) is 0 Å². The Morgan fingerprint density at radius 3 is 2.56 bits per heavy atom. The van der Waals surface area contributed by atoms with Gasteiger partial charge in [0.25, 0.3) is 6.43 Å². The van der Waals surface area contributed by atoms with Crippen molar-refractivity contribution in [1.82, 2.24) is 4.57 Å². The molecule has 0 amide bonds. The second-order valence-electron chi connectivity index (χ2n) is 5.16. The fraction of sp³-hybridized carbons (Fsp3) is 0.250. The Balaban J connectivity index is 2.75. The van der Waals surface area contributed by atoms with Crippen molar-refractivity contribution in [3.05, 3.63) is 41.2 Å². The summed E-state index contributed by atoms with van der Waals surface area (Å²) in [5.41, 5.74) is 3.19. The van der Waals surface area contributed by atoms with Gasteiger partial charge in [0.05, 0.1) is 29.6 Å². The average molecular weight is 389 g/mol. The van der Waals surface area contributed by atoms with Gasteiger partial charge >= 0.3 is 12.1 Å². The number of esters is 1. The summed E-state index contributed by atoms with van der Waals surface area (Å²) in [6, 6.07) is 3.75. The van der Waals surface area contributed by atoms with E-state index in [1.807, 2.05) is 0 Å². The maximum absolute atomic E-state index is 13.1. The number of carbonyl (C=O) groups is 1. The van der Waals surface area contributed by atoms with Crippen molar-refractivity contribution in [2.75, 3.05) is 19.5 Å². The molecule has 0 unspecified atom stereocenters. The first kappa shape index (κ1) is 20.0. The monoisotopic (exact) mass is 389 g/mol. The Kier molecular flexibility index (Phi) is 5.58. The third-order valence-electron chi connectivity index (χ3n) is 3.45. The van der Waals surface area contributed by atoms with Gasteiger partial charge < -0.3 is 19.8 Å². The fourth-order valence-corrected chi connectivity index (χ4v) is 2.26. The second kappa shape index (κ2) is 7.53. The number of nitriles is 1. The predicted molar refractivity (Wildman–Crippen MR) is 82.7 cm³/mol. The Bertz CT molecular complexity index is 900. The molecule has 0 saturated heterocycles. The standard InChI is InChI=1S/C16H12F5N3O3/c1-26-15(25)14-13(23)8(5-22)6-24(14)10-4-9(16(19,20)21)2-3-11(10)27-7-12(17)18/h2-4,6,12H,7,23H2,1H3. The molecule has 0 fully saturated rings. The number of aromatic nitrogens is 1. The summed E-state index contributed by atoms with van der Waals surface area (Å²) in [5, 5.41) is 9.08. The second-order valence-corrected chi connectivity index (χ2v) is 5.16. The van der Waals surface area contributed by atoms with Gasteiger partial charge in [0.1, 0.15) is 18.4 Å². The molecule has 0 atom stereocenters. The number of nitrogen functional groups attached to an aromatic ring is 1. The molecule has 0 saturated carbocycles. The predicted octanol–water partition coefficient (Wildman–Crippen LogP) is 3.38. The molecule has 2 rings (SSSR count). The number of nitrogens with zero attached hydrogens (tertiary/aromatic N) is 2. The largest absolute Gasteiger partial charge is 0.485 e. The molecule has 27 heavy (non-hydrogen) atoms. The SMILES string of the molecule is COC(=O)c1c(N)c(C#N)cn1-c1cc(C(F)(F)F)ccc1OCC(F)F. The quantitative estimate of drug-likeness (QED) is 0.626. The number of benzene rings is 1. The normalized spacial score (nSPS) is 11.3. The number of rotatable bonds is 5. The van der Waals surface area contributed by atoms with E-state index in [-0.39, 0.29) is 17.0 Å². The number of ether oxygens (including phenoxy) is 2. The van der Waals surface area contributed by atoms with Gasteiger partial charge in [-0.1, -0.05) is 0 Å². The maximum Gasteiger partial charge on any atom is 0.416 e. The molecule has 1 aromatic heterocycles. The third kappa shape index (κ3) is 4.11. The van der Waals surface area contributed by atoms with Crippen molar-refractivity contribution < 1.29 is 36.2 Å². The van der Waals surface area contributed by atoms with Crippen molar-refractivity contribution in [2.24, 2.45) is 0 Å². The Labute approximate surface area is 149 Å². The van der Waals surface area contributed by atoms with Gasteiger partial charge in [0, 0.05) is 6.20 Å². The molecule has 0 aliphatic heterocycles. The lowest BCUT2D eigenvalue weighted by molar-refractivity contribution is -0.137. The summed E-state index contributed by atoms with van der Waals surface area (Å²) in [7, 11) is 1.01. The highest BCUT2D eigenvalue weighted by Crippen LogP contribution is 2.36. The zero-order valence-electron chi connectivity index (χ0n) is 13.7. The Morgan fingerprint density at radius 2 is 2.04 bits per heavy atom. The summed E-state index contributed by atoms with van der Waals surface area (Å²) in [6.45, 7) is -1.09. The van der Waals surface area contributed by atoms with Crippen LogP contribution >= 0.6 is 0 Å². The first-order valence-electron chi connectivity index (χ1n) is 7.22. The number of carbonyl (C=O) groups excluding carboxylic acids is 1. The van der Waals surface area contributed by atoms with E-state index < -0.39 is 42.1 Å². The lowest BCUT2D eigenvalue weighted by Gasteiger charge is -2.16. The molecule has 1 aromatic carbocycles. The molecule has 11 heteroatoms. The van der Waals surface area contributed by atoms with Crippen LogP contribution in [0.2, 0.25) is 0 Å². The number of alkyl halides is 5. The first-order valence-corrected chi connectivity index (χ1v) is 7.22. The number of methoxy groups -OCH3 is 1. The van der Waals surface area contributed by atoms with Crippen LogP contribution in [0, 0.1) is 11.3 Å². The van der Waals surface area contributed by atoms with Crippen molar-refractivity contribution >= 4 is 11.7 Å². The Morgan fingerprint density at radius 1 is 1.37 bits per heavy atom. The van der Waals surface area contributed by atoms with Gasteiger partial charge in [-0.25, -0.2) is 13.6 Å². The molecule has 0 spiro atoms. The Hall–Kier alpha value is -3.29. The summed E-state index contributed by atoms with van der Waals surface area (Å²) >= 11 is 0. The molecule has 1 heterocycles. The number of hydrogen-bond donors (Lipinski definition) is 1. The van der Waals surface area contributed by atoms with E-state index in [0.717, 1.165) is 23.9 Å². The van der Waals surface area contributed by atoms with Gasteiger partial charge in [0.15, 0.2) is 5.69 Å². The van der Waals surface area contributed by atoms with E-state index >= 15 is 0 Å². The molecular weight excluding hydrogens is 377 g/mol. The van der Waals surface area contributed by atoms with E-state index in [1.54, 1.807) is 6.07 Å². The number of hydrogen-bond acceptors (Lipinski definition) is 5. The average Bonchev–Trinajstić information content (AvgIpc) is 2.94. The zero-order valence-corrected chi connectivity index (χ0v) is 13.7. The summed E-state index contributed by atoms with van der Waals surface area (Å²) in [4.78, 5) is 12.0. The van der Waals surface area contributed by atoms with E-state index in [9.17, 15) is 26.7 Å². The number of nitrogens with two attached hydrogens (primary N) is 1. The van der Waals surface area contributed by atoms with Crippen LogP contribution < -0.4 is 10.5 Å². The minimum absolute atomic E-state index is 0.215. The van der Waals surface area contributed by atoms with Crippen molar-refractivity contribution in [2.45, 2.75) is 12.6 Å². The summed E-state index contributed by atoms with van der Waals surface area (Å²) in [5.74, 6) is -1.40. The van der Waals surface area contributed by atoms with Crippen LogP contribution in [-0.4, -0.2) is 30.7 Å². The first-order chi connectivity index (χ1) is 12.6. The molecular formula is C16H12F5N3O3. The molecule has 0 radical (unpaired) electrons. The van der Waals surface area contributed by atoms with Crippen molar-refractivity contribution in [1.29, 1.82) is 5.26 Å². The minimum Gasteiger partial charge on any atom is -0.485 e. The van der Waals surface area contributed by atoms with Crippen LogP contribution in [-0.2, 0) is 10.9 Å². The molecule has 2 aromatic rings. The van der Waals surface area contributed by atoms with E-state index in [4.69, 9.17) is 15.7 Å². The molecule has 0 aliphatic carbocycles. The zero-order chi connectivity index (χ0) is 20.4. The van der Waals surface area contributed by atoms with Crippen LogP contribution in [0.1, 0.15) is 21.6 Å². The van der Waals surface area contributed by atoms with Crippen LogP contribution in [0.15, 0.2) is 24.4 Å². The highest BCUT2D eigenvalue weighted by molar-refractivity contribution is 5.96. The summed E-state index contributed by atoms with van der Waals surface area (Å²) < 4.78 is 74.4. The van der Waals surface area contributed by atoms with E-state index in [0.29, 0.717) is 12.1 Å². The smallest absolute Gasteiger partial charge is 0.416 e. The van der Waals surface area contributed by atoms with Crippen LogP contribution in [0.25, 0.3) is 5.69 Å². The number of anilines is 1. The molecule has 6 nitrogen and oxygen atoms in total. The minimum atomic E-state index is -4.75. The van der Waals surface area contributed by atoms with Gasteiger partial charge in [-0.2, -0.15) is 18.4 Å². The molecule has 144 valence electrons. The topological polar surface area (TPSA) is 90.3 Å². The molecule has 0 bridgehead atoms. The fourth-order valence-electron chi connectivity index (χ4n) is 2.26. The lowest BCUT2D eigenvalue weighted by Crippen LogP contribution is -2.15. The van der Waals surface area contributed by atoms with Gasteiger partial charge in [-0.3, -0.25) is 0 Å². The van der Waals surface area contributed by atoms with Crippen molar-refractivity contribution in [3.8, 4) is 17.5 Å². The molecule has 2 N–H and O–H groups in total. The highest BCUT2D eigenvalue weighted by Gasteiger charge is 2.32. The maximum atomic E-state index is 13.1. The third-order valence-corrected chi connectivity index (χ3v) is 3.45. The molecule has 0 aliphatic rings. The van der Waals surface area contributed by atoms with Crippen LogP contribution in [0.4, 0.5) is 27.6 Å². The van der Waals surface area contributed by atoms with Gasteiger partial charge in [-0.05, 0) is 18.2 Å². The van der Waals surface area contributed by atoms with Crippen LogP contribution in [0.3, 0.4) is 0 Å². The van der Waals surface area contributed by atoms with E-state index in [2.05, 4.69) is 4.74 Å². The van der Waals surface area contributed by atoms with Gasteiger partial charge in [-0.15, -0.1) is 0 Å². The lowest BCUT2D eigenvalue weighted by atomic mass is 10.1. The highest BCUT2D eigenvalue weighted by atomic mass is 19.4. The van der Waals surface area contributed by atoms with Crippen LogP contribution in [0.5, 0.6) is 5.75 Å². The van der Waals surface area contributed by atoms with Gasteiger partial charge in [0.2, 0.25) is 0 Å². The van der Waals surface area contributed by atoms with E-state index in [1.165, 1.54) is 0 Å². The number of halogens is 5. The summed E-state index contributed by atoms with van der Waals surface area (Å²) in [6.07, 6.45) is -6.64.